The van der Waals surface area contributed by atoms with Crippen molar-refractivity contribution in [2.45, 2.75) is 31.7 Å². The van der Waals surface area contributed by atoms with Crippen LogP contribution >= 0.6 is 0 Å². The minimum absolute atomic E-state index is 0.0176. The molecule has 2 heterocycles. The number of hydrogen-bond acceptors (Lipinski definition) is 3. The molecule has 2 amide bonds. The Balaban J connectivity index is 1.91. The third-order valence-electron chi connectivity index (χ3n) is 3.38. The molecule has 2 fully saturated rings. The fraction of sp³-hybridized carbons (Fsp3) is 0.818. The second-order valence-electron chi connectivity index (χ2n) is 4.63. The van der Waals surface area contributed by atoms with Crippen LogP contribution in [0.2, 0.25) is 0 Å². The molecule has 0 aliphatic carbocycles. The van der Waals surface area contributed by atoms with Crippen LogP contribution in [0.5, 0.6) is 0 Å². The molecular weight excluding hydrogens is 208 g/mol. The lowest BCUT2D eigenvalue weighted by Gasteiger charge is -2.33. The van der Waals surface area contributed by atoms with Crippen molar-refractivity contribution < 1.29 is 14.7 Å². The van der Waals surface area contributed by atoms with Crippen molar-refractivity contribution in [1.29, 1.82) is 0 Å². The molecular formula is C11H18N2O3. The van der Waals surface area contributed by atoms with Crippen LogP contribution in [-0.2, 0) is 9.59 Å². The topological polar surface area (TPSA) is 69.6 Å². The normalized spacial score (nSPS) is 30.3. The summed E-state index contributed by atoms with van der Waals surface area (Å²) in [5, 5.41) is 11.8. The van der Waals surface area contributed by atoms with Crippen molar-refractivity contribution in [3.8, 4) is 0 Å². The summed E-state index contributed by atoms with van der Waals surface area (Å²) in [4.78, 5) is 24.9. The molecule has 2 atom stereocenters. The zero-order valence-electron chi connectivity index (χ0n) is 9.32. The summed E-state index contributed by atoms with van der Waals surface area (Å²) in [6, 6.07) is -0.329. The number of amides is 2. The maximum absolute atomic E-state index is 12.0. The van der Waals surface area contributed by atoms with Gasteiger partial charge in [0.2, 0.25) is 11.8 Å². The molecule has 5 nitrogen and oxygen atoms in total. The lowest BCUT2D eigenvalue weighted by molar-refractivity contribution is -0.136. The zero-order valence-corrected chi connectivity index (χ0v) is 9.32. The average molecular weight is 226 g/mol. The molecule has 0 aromatic rings. The first-order valence-electron chi connectivity index (χ1n) is 5.89. The van der Waals surface area contributed by atoms with Crippen LogP contribution in [0, 0.1) is 5.92 Å². The highest BCUT2D eigenvalue weighted by molar-refractivity contribution is 5.90. The van der Waals surface area contributed by atoms with E-state index in [9.17, 15) is 9.59 Å². The van der Waals surface area contributed by atoms with E-state index >= 15 is 0 Å². The van der Waals surface area contributed by atoms with Crippen LogP contribution in [-0.4, -0.2) is 47.6 Å². The molecule has 5 heteroatoms. The minimum Gasteiger partial charge on any atom is -0.396 e. The summed E-state index contributed by atoms with van der Waals surface area (Å²) >= 11 is 0. The number of aliphatic hydroxyl groups excluding tert-OH is 1. The second-order valence-corrected chi connectivity index (χ2v) is 4.63. The number of carbonyl (C=O) groups excluding carboxylic acids is 2. The summed E-state index contributed by atoms with van der Waals surface area (Å²) in [5.41, 5.74) is 0. The molecule has 0 radical (unpaired) electrons. The lowest BCUT2D eigenvalue weighted by atomic mass is 9.98. The molecule has 90 valence electrons. The molecule has 16 heavy (non-hydrogen) atoms. The smallest absolute Gasteiger partial charge is 0.245 e. The van der Waals surface area contributed by atoms with Crippen LogP contribution in [0.4, 0.5) is 0 Å². The molecule has 0 saturated carbocycles. The van der Waals surface area contributed by atoms with Gasteiger partial charge in [0, 0.05) is 26.1 Å². The van der Waals surface area contributed by atoms with Gasteiger partial charge in [0.05, 0.1) is 0 Å². The summed E-state index contributed by atoms with van der Waals surface area (Å²) < 4.78 is 0. The number of hydrogen-bond donors (Lipinski definition) is 2. The number of nitrogens with zero attached hydrogens (tertiary/aromatic N) is 1. The van der Waals surface area contributed by atoms with Gasteiger partial charge in [-0.15, -0.1) is 0 Å². The van der Waals surface area contributed by atoms with Gasteiger partial charge in [0.15, 0.2) is 0 Å². The molecule has 0 aromatic carbocycles. The molecule has 1 unspecified atom stereocenters. The van der Waals surface area contributed by atoms with Crippen molar-refractivity contribution >= 4 is 11.8 Å². The first-order valence-corrected chi connectivity index (χ1v) is 5.89. The van der Waals surface area contributed by atoms with E-state index in [2.05, 4.69) is 5.32 Å². The Morgan fingerprint density at radius 3 is 2.94 bits per heavy atom. The van der Waals surface area contributed by atoms with Gasteiger partial charge in [-0.05, 0) is 25.2 Å². The van der Waals surface area contributed by atoms with Gasteiger partial charge in [-0.1, -0.05) is 0 Å². The Morgan fingerprint density at radius 2 is 2.31 bits per heavy atom. The Labute approximate surface area is 94.8 Å². The van der Waals surface area contributed by atoms with E-state index in [0.29, 0.717) is 19.4 Å². The summed E-state index contributed by atoms with van der Waals surface area (Å²) in [5.74, 6) is 0.188. The average Bonchev–Trinajstić information content (AvgIpc) is 2.75. The largest absolute Gasteiger partial charge is 0.396 e. The number of likely N-dealkylation sites (tertiary alicyclic amines) is 1. The highest BCUT2D eigenvalue weighted by Gasteiger charge is 2.32. The van der Waals surface area contributed by atoms with Gasteiger partial charge < -0.3 is 15.3 Å². The van der Waals surface area contributed by atoms with Crippen molar-refractivity contribution in [3.05, 3.63) is 0 Å². The van der Waals surface area contributed by atoms with E-state index in [4.69, 9.17) is 5.11 Å². The zero-order chi connectivity index (χ0) is 11.5. The predicted octanol–water partition coefficient (Wildman–Crippen LogP) is -0.504. The fourth-order valence-corrected chi connectivity index (χ4v) is 2.43. The molecule has 2 saturated heterocycles. The fourth-order valence-electron chi connectivity index (χ4n) is 2.43. The lowest BCUT2D eigenvalue weighted by Crippen LogP contribution is -2.48. The van der Waals surface area contributed by atoms with Crippen LogP contribution in [0.25, 0.3) is 0 Å². The van der Waals surface area contributed by atoms with Crippen LogP contribution in [0.15, 0.2) is 0 Å². The van der Waals surface area contributed by atoms with Crippen molar-refractivity contribution in [2.24, 2.45) is 5.92 Å². The van der Waals surface area contributed by atoms with E-state index < -0.39 is 0 Å². The van der Waals surface area contributed by atoms with Crippen molar-refractivity contribution in [3.63, 3.8) is 0 Å². The summed E-state index contributed by atoms with van der Waals surface area (Å²) in [6.07, 6.45) is 2.99. The highest BCUT2D eigenvalue weighted by atomic mass is 16.3. The summed E-state index contributed by atoms with van der Waals surface area (Å²) in [7, 11) is 0. The van der Waals surface area contributed by atoms with E-state index in [1.165, 1.54) is 0 Å². The van der Waals surface area contributed by atoms with E-state index in [0.717, 1.165) is 19.4 Å². The number of piperidine rings is 1. The Kier molecular flexibility index (Phi) is 3.43. The van der Waals surface area contributed by atoms with Gasteiger partial charge in [-0.3, -0.25) is 9.59 Å². The summed E-state index contributed by atoms with van der Waals surface area (Å²) in [6.45, 7) is 1.52. The SMILES string of the molecule is O=C1CC[C@H](C(=O)N2CCCC(CO)C2)N1. The first kappa shape index (κ1) is 11.4. The monoisotopic (exact) mass is 226 g/mol. The van der Waals surface area contributed by atoms with Crippen LogP contribution in [0.3, 0.4) is 0 Å². The van der Waals surface area contributed by atoms with E-state index in [1.807, 2.05) is 0 Å². The van der Waals surface area contributed by atoms with Crippen molar-refractivity contribution in [1.82, 2.24) is 10.2 Å². The number of carbonyl (C=O) groups is 2. The molecule has 0 spiro atoms. The Bertz CT molecular complexity index is 293. The van der Waals surface area contributed by atoms with E-state index in [-0.39, 0.29) is 30.4 Å². The Morgan fingerprint density at radius 1 is 1.50 bits per heavy atom. The molecule has 2 N–H and O–H groups in total. The molecule has 2 aliphatic heterocycles. The third kappa shape index (κ3) is 2.35. The molecule has 2 aliphatic rings. The molecule has 0 aromatic heterocycles. The van der Waals surface area contributed by atoms with Gasteiger partial charge >= 0.3 is 0 Å². The first-order chi connectivity index (χ1) is 7.70. The quantitative estimate of drug-likeness (QED) is 0.666. The van der Waals surface area contributed by atoms with Gasteiger partial charge in [0.25, 0.3) is 0 Å². The van der Waals surface area contributed by atoms with Gasteiger partial charge in [-0.2, -0.15) is 0 Å². The molecule has 2 rings (SSSR count). The van der Waals surface area contributed by atoms with Crippen LogP contribution in [0.1, 0.15) is 25.7 Å². The highest BCUT2D eigenvalue weighted by Crippen LogP contribution is 2.18. The standard InChI is InChI=1S/C11H18N2O3/c14-7-8-2-1-5-13(6-8)11(16)9-3-4-10(15)12-9/h8-9,14H,1-7H2,(H,12,15)/t8?,9-/m1/s1. The number of nitrogens with one attached hydrogen (secondary N) is 1. The van der Waals surface area contributed by atoms with Crippen molar-refractivity contribution in [2.75, 3.05) is 19.7 Å². The van der Waals surface area contributed by atoms with E-state index in [1.54, 1.807) is 4.90 Å². The minimum atomic E-state index is -0.329. The van der Waals surface area contributed by atoms with Gasteiger partial charge in [-0.25, -0.2) is 0 Å². The predicted molar refractivity (Wildman–Crippen MR) is 57.6 cm³/mol. The number of aliphatic hydroxyl groups is 1. The second kappa shape index (κ2) is 4.82. The van der Waals surface area contributed by atoms with Gasteiger partial charge in [0.1, 0.15) is 6.04 Å². The molecule has 0 bridgehead atoms. The Hall–Kier alpha value is -1.10. The maximum Gasteiger partial charge on any atom is 0.245 e. The third-order valence-corrected chi connectivity index (χ3v) is 3.38. The number of rotatable bonds is 2. The maximum atomic E-state index is 12.0. The van der Waals surface area contributed by atoms with Crippen LogP contribution < -0.4 is 5.32 Å².